The Balaban J connectivity index is 1.38. The van der Waals surface area contributed by atoms with Crippen molar-refractivity contribution in [2.24, 2.45) is 0 Å². The van der Waals surface area contributed by atoms with Crippen molar-refractivity contribution < 1.29 is 19.5 Å². The molecule has 0 radical (unpaired) electrons. The van der Waals surface area contributed by atoms with Crippen LogP contribution in [0.1, 0.15) is 0 Å². The summed E-state index contributed by atoms with van der Waals surface area (Å²) in [4.78, 5) is 40.1. The molecule has 0 bridgehead atoms. The maximum Gasteiger partial charge on any atom is 0.353 e. The smallest absolute Gasteiger partial charge is 0.353 e. The average Bonchev–Trinajstić information content (AvgIpc) is 3.07. The first-order valence-corrected chi connectivity index (χ1v) is 9.56. The second kappa shape index (κ2) is 6.82. The van der Waals surface area contributed by atoms with Crippen molar-refractivity contribution >= 4 is 57.7 Å². The summed E-state index contributed by atoms with van der Waals surface area (Å²) in [5.74, 6) is -1.78. The van der Waals surface area contributed by atoms with E-state index in [1.807, 2.05) is 24.3 Å². The summed E-state index contributed by atoms with van der Waals surface area (Å²) < 4.78 is 0. The van der Waals surface area contributed by atoms with Crippen LogP contribution in [0.25, 0.3) is 10.9 Å². The molecule has 2 aromatic rings. The van der Waals surface area contributed by atoms with Crippen LogP contribution in [0, 0.1) is 0 Å². The molecular weight excluding hydrogens is 392 g/mol. The molecule has 1 aromatic carbocycles. The summed E-state index contributed by atoms with van der Waals surface area (Å²) in [7, 11) is 0. The standard InChI is InChI=1S/C17H15ClN4O4S/c18-9-7-27-16-13(15(24)22(16)14(9)17(25)26)21-12(23)6-20-11-5-19-10-4-2-1-3-8(10)11/h1-5,13,16,19-20H,6-7H2,(H,21,23)(H,25,26)/t13?,16-/m0/s1. The number of hydrogen-bond acceptors (Lipinski definition) is 5. The van der Waals surface area contributed by atoms with Crippen molar-refractivity contribution in [3.63, 3.8) is 0 Å². The van der Waals surface area contributed by atoms with Gasteiger partial charge in [0, 0.05) is 22.9 Å². The Morgan fingerprint density at radius 2 is 2.15 bits per heavy atom. The van der Waals surface area contributed by atoms with E-state index in [-0.39, 0.29) is 28.9 Å². The van der Waals surface area contributed by atoms with Crippen LogP contribution < -0.4 is 10.6 Å². The third-order valence-electron chi connectivity index (χ3n) is 4.47. The van der Waals surface area contributed by atoms with Crippen molar-refractivity contribution in [3.05, 3.63) is 41.2 Å². The molecule has 4 N–H and O–H groups in total. The van der Waals surface area contributed by atoms with Crippen LogP contribution >= 0.6 is 23.4 Å². The normalized spacial score (nSPS) is 21.7. The van der Waals surface area contributed by atoms with E-state index in [1.54, 1.807) is 6.20 Å². The largest absolute Gasteiger partial charge is 0.477 e. The van der Waals surface area contributed by atoms with Crippen LogP contribution in [0.2, 0.25) is 0 Å². The minimum absolute atomic E-state index is 0.00853. The predicted molar refractivity (Wildman–Crippen MR) is 102 cm³/mol. The molecule has 1 saturated heterocycles. The molecule has 27 heavy (non-hydrogen) atoms. The number of thioether (sulfide) groups is 1. The molecule has 8 nitrogen and oxygen atoms in total. The van der Waals surface area contributed by atoms with Crippen LogP contribution in [0.3, 0.4) is 0 Å². The number of aromatic nitrogens is 1. The quantitative estimate of drug-likeness (QED) is 0.560. The Labute approximate surface area is 162 Å². The molecule has 2 amide bonds. The number of carboxylic acids is 1. The number of fused-ring (bicyclic) bond motifs is 2. The molecule has 3 heterocycles. The van der Waals surface area contributed by atoms with E-state index in [0.29, 0.717) is 0 Å². The lowest BCUT2D eigenvalue weighted by molar-refractivity contribution is -0.150. The van der Waals surface area contributed by atoms with Crippen LogP contribution in [0.5, 0.6) is 0 Å². The topological polar surface area (TPSA) is 115 Å². The highest BCUT2D eigenvalue weighted by molar-refractivity contribution is 8.00. The van der Waals surface area contributed by atoms with E-state index in [4.69, 9.17) is 11.6 Å². The molecule has 1 aromatic heterocycles. The highest BCUT2D eigenvalue weighted by atomic mass is 35.5. The average molecular weight is 407 g/mol. The summed E-state index contributed by atoms with van der Waals surface area (Å²) in [6.07, 6.45) is 1.77. The van der Waals surface area contributed by atoms with Gasteiger partial charge in [-0.2, -0.15) is 0 Å². The third kappa shape index (κ3) is 3.02. The summed E-state index contributed by atoms with van der Waals surface area (Å²) in [5, 5.41) is 15.6. The molecule has 1 unspecified atom stereocenters. The maximum atomic E-state index is 12.3. The van der Waals surface area contributed by atoms with Crippen LogP contribution in [-0.4, -0.2) is 56.5 Å². The number of para-hydroxylation sites is 1. The molecule has 1 fully saturated rings. The van der Waals surface area contributed by atoms with Crippen molar-refractivity contribution in [2.75, 3.05) is 17.6 Å². The Morgan fingerprint density at radius 3 is 2.93 bits per heavy atom. The van der Waals surface area contributed by atoms with Gasteiger partial charge in [-0.3, -0.25) is 14.5 Å². The number of hydrogen-bond donors (Lipinski definition) is 4. The number of rotatable bonds is 5. The highest BCUT2D eigenvalue weighted by Gasteiger charge is 2.54. The fourth-order valence-corrected chi connectivity index (χ4v) is 4.75. The Kier molecular flexibility index (Phi) is 4.48. The number of nitrogens with zero attached hydrogens (tertiary/aromatic N) is 1. The minimum Gasteiger partial charge on any atom is -0.477 e. The molecule has 0 aliphatic carbocycles. The van der Waals surface area contributed by atoms with Crippen LogP contribution in [0.15, 0.2) is 41.2 Å². The van der Waals surface area contributed by atoms with Gasteiger partial charge in [0.1, 0.15) is 17.1 Å². The number of carbonyl (C=O) groups is 3. The molecule has 2 atom stereocenters. The number of benzene rings is 1. The number of nitrogens with one attached hydrogen (secondary N) is 3. The molecule has 2 aliphatic rings. The van der Waals surface area contributed by atoms with E-state index in [9.17, 15) is 19.5 Å². The van der Waals surface area contributed by atoms with Crippen molar-refractivity contribution in [2.45, 2.75) is 11.4 Å². The van der Waals surface area contributed by atoms with Gasteiger partial charge in [0.2, 0.25) is 5.91 Å². The zero-order chi connectivity index (χ0) is 19.1. The SMILES string of the molecule is O=C(CNc1c[nH]c2ccccc12)NC1C(=O)N2C(C(=O)O)=C(Cl)CS[C@@H]12. The highest BCUT2D eigenvalue weighted by Crippen LogP contribution is 2.41. The lowest BCUT2D eigenvalue weighted by Crippen LogP contribution is -2.70. The number of carboxylic acid groups (broad SMARTS) is 1. The molecule has 140 valence electrons. The first kappa shape index (κ1) is 17.7. The lowest BCUT2D eigenvalue weighted by Gasteiger charge is -2.48. The summed E-state index contributed by atoms with van der Waals surface area (Å²) >= 11 is 7.25. The number of β-lactam (4-membered cyclic amide) rings is 1. The van der Waals surface area contributed by atoms with Crippen molar-refractivity contribution in [3.8, 4) is 0 Å². The maximum absolute atomic E-state index is 12.3. The molecular formula is C17H15ClN4O4S. The van der Waals surface area contributed by atoms with Gasteiger partial charge < -0.3 is 20.7 Å². The first-order valence-electron chi connectivity index (χ1n) is 8.13. The number of halogens is 1. The van der Waals surface area contributed by atoms with Gasteiger partial charge in [0.15, 0.2) is 0 Å². The lowest BCUT2D eigenvalue weighted by atomic mass is 10.1. The summed E-state index contributed by atoms with van der Waals surface area (Å²) in [6.45, 7) is -0.00853. The second-order valence-electron chi connectivity index (χ2n) is 6.12. The van der Waals surface area contributed by atoms with Crippen LogP contribution in [0.4, 0.5) is 5.69 Å². The van der Waals surface area contributed by atoms with Gasteiger partial charge in [0.25, 0.3) is 5.91 Å². The van der Waals surface area contributed by atoms with Gasteiger partial charge in [-0.25, -0.2) is 4.79 Å². The number of amides is 2. The fraction of sp³-hybridized carbons (Fsp3) is 0.235. The summed E-state index contributed by atoms with van der Waals surface area (Å²) in [6, 6.07) is 6.92. The molecule has 2 aliphatic heterocycles. The second-order valence-corrected chi connectivity index (χ2v) is 7.68. The Bertz CT molecular complexity index is 988. The van der Waals surface area contributed by atoms with E-state index in [2.05, 4.69) is 15.6 Å². The zero-order valence-electron chi connectivity index (χ0n) is 13.9. The number of carbonyl (C=O) groups excluding carboxylic acids is 2. The predicted octanol–water partition coefficient (Wildman–Crippen LogP) is 1.51. The van der Waals surface area contributed by atoms with Gasteiger partial charge in [-0.1, -0.05) is 29.8 Å². The number of anilines is 1. The molecule has 0 saturated carbocycles. The van der Waals surface area contributed by atoms with Gasteiger partial charge >= 0.3 is 5.97 Å². The van der Waals surface area contributed by atoms with E-state index in [1.165, 1.54) is 11.8 Å². The minimum atomic E-state index is -1.25. The molecule has 10 heteroatoms. The number of H-pyrrole nitrogens is 1. The molecule has 4 rings (SSSR count). The summed E-state index contributed by atoms with van der Waals surface area (Å²) in [5.41, 5.74) is 1.54. The van der Waals surface area contributed by atoms with E-state index in [0.717, 1.165) is 21.5 Å². The Hall–Kier alpha value is -2.65. The van der Waals surface area contributed by atoms with Gasteiger partial charge in [0.05, 0.1) is 17.3 Å². The zero-order valence-corrected chi connectivity index (χ0v) is 15.4. The third-order valence-corrected chi connectivity index (χ3v) is 6.22. The first-order chi connectivity index (χ1) is 13.0. The van der Waals surface area contributed by atoms with Gasteiger partial charge in [-0.05, 0) is 6.07 Å². The fourth-order valence-electron chi connectivity index (χ4n) is 3.20. The molecule has 0 spiro atoms. The van der Waals surface area contributed by atoms with E-state index < -0.39 is 23.3 Å². The van der Waals surface area contributed by atoms with Crippen molar-refractivity contribution in [1.29, 1.82) is 0 Å². The number of aliphatic carboxylic acids is 1. The Morgan fingerprint density at radius 1 is 1.37 bits per heavy atom. The number of aromatic amines is 1. The van der Waals surface area contributed by atoms with Crippen molar-refractivity contribution in [1.82, 2.24) is 15.2 Å². The monoisotopic (exact) mass is 406 g/mol. The van der Waals surface area contributed by atoms with E-state index >= 15 is 0 Å². The van der Waals surface area contributed by atoms with Gasteiger partial charge in [-0.15, -0.1) is 11.8 Å². The van der Waals surface area contributed by atoms with Crippen LogP contribution in [-0.2, 0) is 14.4 Å².